The van der Waals surface area contributed by atoms with Crippen LogP contribution in [0.25, 0.3) is 0 Å². The molecule has 0 amide bonds. The lowest BCUT2D eigenvalue weighted by molar-refractivity contribution is 0.0696. The average molecular weight is 209 g/mol. The van der Waals surface area contributed by atoms with E-state index in [1.807, 2.05) is 6.92 Å². The van der Waals surface area contributed by atoms with E-state index in [2.05, 4.69) is 11.9 Å². The monoisotopic (exact) mass is 209 g/mol. The fraction of sp³-hybridized carbons (Fsp3) is 0.182. The SMILES string of the molecule is C=C(C)CNc1ccc(C(=O)O)cc1F. The number of rotatable bonds is 4. The summed E-state index contributed by atoms with van der Waals surface area (Å²) in [4.78, 5) is 10.5. The maximum absolute atomic E-state index is 13.3. The van der Waals surface area contributed by atoms with Crippen molar-refractivity contribution in [3.8, 4) is 0 Å². The number of carbonyl (C=O) groups is 1. The molecule has 0 aromatic heterocycles. The minimum Gasteiger partial charge on any atom is -0.478 e. The molecular weight excluding hydrogens is 197 g/mol. The van der Waals surface area contributed by atoms with Crippen molar-refractivity contribution in [1.29, 1.82) is 0 Å². The van der Waals surface area contributed by atoms with Crippen LogP contribution in [0.5, 0.6) is 0 Å². The molecule has 2 N–H and O–H groups in total. The van der Waals surface area contributed by atoms with Crippen molar-refractivity contribution in [2.75, 3.05) is 11.9 Å². The van der Waals surface area contributed by atoms with Gasteiger partial charge in [-0.1, -0.05) is 12.2 Å². The molecule has 0 radical (unpaired) electrons. The van der Waals surface area contributed by atoms with E-state index >= 15 is 0 Å². The predicted molar refractivity (Wildman–Crippen MR) is 56.7 cm³/mol. The average Bonchev–Trinajstić information content (AvgIpc) is 2.15. The van der Waals surface area contributed by atoms with Crippen molar-refractivity contribution in [2.24, 2.45) is 0 Å². The summed E-state index contributed by atoms with van der Waals surface area (Å²) in [5.41, 5.74) is 1.09. The Morgan fingerprint density at radius 1 is 1.60 bits per heavy atom. The molecule has 0 aliphatic heterocycles. The molecule has 4 heteroatoms. The number of hydrogen-bond acceptors (Lipinski definition) is 2. The molecule has 0 saturated carbocycles. The van der Waals surface area contributed by atoms with Gasteiger partial charge in [0.05, 0.1) is 11.3 Å². The molecule has 0 heterocycles. The molecule has 0 aliphatic carbocycles. The molecule has 3 nitrogen and oxygen atoms in total. The van der Waals surface area contributed by atoms with E-state index in [4.69, 9.17) is 5.11 Å². The van der Waals surface area contributed by atoms with Gasteiger partial charge in [0.25, 0.3) is 0 Å². The number of carboxylic acids is 1. The second kappa shape index (κ2) is 4.59. The summed E-state index contributed by atoms with van der Waals surface area (Å²) in [7, 11) is 0. The van der Waals surface area contributed by atoms with Crippen LogP contribution in [-0.2, 0) is 0 Å². The van der Waals surface area contributed by atoms with E-state index in [1.165, 1.54) is 12.1 Å². The Hall–Kier alpha value is -1.84. The molecular formula is C11H12FNO2. The fourth-order valence-corrected chi connectivity index (χ4v) is 1.04. The topological polar surface area (TPSA) is 49.3 Å². The van der Waals surface area contributed by atoms with Crippen LogP contribution in [0.2, 0.25) is 0 Å². The first-order chi connectivity index (χ1) is 7.00. The van der Waals surface area contributed by atoms with Gasteiger partial charge in [0.1, 0.15) is 5.82 Å². The van der Waals surface area contributed by atoms with Crippen molar-refractivity contribution in [3.63, 3.8) is 0 Å². The molecule has 0 spiro atoms. The number of benzene rings is 1. The van der Waals surface area contributed by atoms with E-state index < -0.39 is 11.8 Å². The Balaban J connectivity index is 2.83. The largest absolute Gasteiger partial charge is 0.478 e. The molecule has 0 unspecified atom stereocenters. The number of aromatic carboxylic acids is 1. The second-order valence-corrected chi connectivity index (χ2v) is 3.31. The molecule has 0 fully saturated rings. The lowest BCUT2D eigenvalue weighted by atomic mass is 10.2. The lowest BCUT2D eigenvalue weighted by Crippen LogP contribution is -2.05. The molecule has 1 aromatic rings. The van der Waals surface area contributed by atoms with Crippen LogP contribution in [0.15, 0.2) is 30.4 Å². The summed E-state index contributed by atoms with van der Waals surface area (Å²) in [5.74, 6) is -1.71. The fourth-order valence-electron chi connectivity index (χ4n) is 1.04. The maximum Gasteiger partial charge on any atom is 0.335 e. The first-order valence-corrected chi connectivity index (χ1v) is 4.42. The van der Waals surface area contributed by atoms with Gasteiger partial charge in [-0.3, -0.25) is 0 Å². The van der Waals surface area contributed by atoms with Crippen molar-refractivity contribution in [3.05, 3.63) is 41.7 Å². The second-order valence-electron chi connectivity index (χ2n) is 3.31. The van der Waals surface area contributed by atoms with Gasteiger partial charge in [0, 0.05) is 6.54 Å². The number of halogens is 1. The van der Waals surface area contributed by atoms with Crippen LogP contribution in [0, 0.1) is 5.82 Å². The molecule has 0 atom stereocenters. The van der Waals surface area contributed by atoms with Crippen molar-refractivity contribution in [2.45, 2.75) is 6.92 Å². The molecule has 1 rings (SSSR count). The molecule has 0 aliphatic rings. The predicted octanol–water partition coefficient (Wildman–Crippen LogP) is 2.51. The van der Waals surface area contributed by atoms with Gasteiger partial charge in [-0.05, 0) is 25.1 Å². The summed E-state index contributed by atoms with van der Waals surface area (Å²) in [6, 6.07) is 3.75. The normalized spacial score (nSPS) is 9.73. The van der Waals surface area contributed by atoms with Crippen molar-refractivity contribution < 1.29 is 14.3 Å². The molecule has 1 aromatic carbocycles. The van der Waals surface area contributed by atoms with Crippen LogP contribution >= 0.6 is 0 Å². The number of nitrogens with one attached hydrogen (secondary N) is 1. The highest BCUT2D eigenvalue weighted by molar-refractivity contribution is 5.88. The van der Waals surface area contributed by atoms with Crippen LogP contribution in [-0.4, -0.2) is 17.6 Å². The highest BCUT2D eigenvalue weighted by Crippen LogP contribution is 2.15. The lowest BCUT2D eigenvalue weighted by Gasteiger charge is -2.07. The Kier molecular flexibility index (Phi) is 3.44. The van der Waals surface area contributed by atoms with Crippen molar-refractivity contribution >= 4 is 11.7 Å². The van der Waals surface area contributed by atoms with E-state index in [-0.39, 0.29) is 11.3 Å². The zero-order valence-electron chi connectivity index (χ0n) is 8.38. The molecule has 80 valence electrons. The highest BCUT2D eigenvalue weighted by Gasteiger charge is 2.07. The van der Waals surface area contributed by atoms with Gasteiger partial charge in [0.2, 0.25) is 0 Å². The van der Waals surface area contributed by atoms with Crippen LogP contribution < -0.4 is 5.32 Å². The van der Waals surface area contributed by atoms with Crippen LogP contribution in [0.3, 0.4) is 0 Å². The summed E-state index contributed by atoms with van der Waals surface area (Å²) < 4.78 is 13.3. The maximum atomic E-state index is 13.3. The summed E-state index contributed by atoms with van der Waals surface area (Å²) in [6.45, 7) is 5.94. The Bertz CT molecular complexity index is 402. The van der Waals surface area contributed by atoms with Crippen molar-refractivity contribution in [1.82, 2.24) is 0 Å². The zero-order chi connectivity index (χ0) is 11.4. The third-order valence-corrected chi connectivity index (χ3v) is 1.80. The van der Waals surface area contributed by atoms with Gasteiger partial charge in [-0.15, -0.1) is 0 Å². The number of anilines is 1. The third kappa shape index (κ3) is 3.09. The minimum atomic E-state index is -1.14. The van der Waals surface area contributed by atoms with E-state index in [0.717, 1.165) is 11.6 Å². The van der Waals surface area contributed by atoms with Gasteiger partial charge < -0.3 is 10.4 Å². The van der Waals surface area contributed by atoms with Gasteiger partial charge >= 0.3 is 5.97 Å². The standard InChI is InChI=1S/C11H12FNO2/c1-7(2)6-13-10-4-3-8(11(14)15)5-9(10)12/h3-5,13H,1,6H2,2H3,(H,14,15). The highest BCUT2D eigenvalue weighted by atomic mass is 19.1. The summed E-state index contributed by atoms with van der Waals surface area (Å²) in [5, 5.41) is 11.4. The Morgan fingerprint density at radius 2 is 2.27 bits per heavy atom. The number of hydrogen-bond donors (Lipinski definition) is 2. The van der Waals surface area contributed by atoms with E-state index in [1.54, 1.807) is 0 Å². The first kappa shape index (κ1) is 11.2. The smallest absolute Gasteiger partial charge is 0.335 e. The Morgan fingerprint density at radius 3 is 2.73 bits per heavy atom. The Labute approximate surface area is 87.2 Å². The molecule has 0 bridgehead atoms. The summed E-state index contributed by atoms with van der Waals surface area (Å²) in [6.07, 6.45) is 0. The minimum absolute atomic E-state index is 0.0617. The van der Waals surface area contributed by atoms with E-state index in [0.29, 0.717) is 6.54 Å². The number of carboxylic acid groups (broad SMARTS) is 1. The first-order valence-electron chi connectivity index (χ1n) is 4.42. The zero-order valence-corrected chi connectivity index (χ0v) is 8.38. The quantitative estimate of drug-likeness (QED) is 0.749. The van der Waals surface area contributed by atoms with Gasteiger partial charge in [-0.2, -0.15) is 0 Å². The molecule has 15 heavy (non-hydrogen) atoms. The van der Waals surface area contributed by atoms with Crippen LogP contribution in [0.1, 0.15) is 17.3 Å². The van der Waals surface area contributed by atoms with Crippen LogP contribution in [0.4, 0.5) is 10.1 Å². The van der Waals surface area contributed by atoms with Gasteiger partial charge in [-0.25, -0.2) is 9.18 Å². The summed E-state index contributed by atoms with van der Waals surface area (Å²) >= 11 is 0. The van der Waals surface area contributed by atoms with E-state index in [9.17, 15) is 9.18 Å². The van der Waals surface area contributed by atoms with Gasteiger partial charge in [0.15, 0.2) is 0 Å². The third-order valence-electron chi connectivity index (χ3n) is 1.80. The molecule has 0 saturated heterocycles.